The molecule has 4 rings (SSSR count). The molecule has 19 heavy (non-hydrogen) atoms. The van der Waals surface area contributed by atoms with Gasteiger partial charge in [-0.05, 0) is 37.9 Å². The molecule has 0 aliphatic carbocycles. The number of nitrogens with zero attached hydrogens (tertiary/aromatic N) is 1. The quantitative estimate of drug-likeness (QED) is 0.857. The number of carbonyl (C=O) groups excluding carboxylic acids is 1. The number of phenolic OH excluding ortho intramolecular Hbond substituents is 1. The predicted molar refractivity (Wildman–Crippen MR) is 72.9 cm³/mol. The number of fused-ring (bicyclic) bond motifs is 3. The largest absolute Gasteiger partial charge is 0.508 e. The van der Waals surface area contributed by atoms with Crippen LogP contribution in [0, 0.1) is 5.92 Å². The van der Waals surface area contributed by atoms with Gasteiger partial charge in [0.15, 0.2) is 0 Å². The van der Waals surface area contributed by atoms with Gasteiger partial charge in [-0.1, -0.05) is 18.2 Å². The average Bonchev–Trinajstić information content (AvgIpc) is 2.43. The molecule has 3 saturated heterocycles. The number of aromatic hydroxyl groups is 1. The van der Waals surface area contributed by atoms with Crippen molar-refractivity contribution in [2.24, 2.45) is 5.92 Å². The number of para-hydroxylation sites is 1. The van der Waals surface area contributed by atoms with Crippen LogP contribution < -0.4 is 5.32 Å². The summed E-state index contributed by atoms with van der Waals surface area (Å²) in [5.41, 5.74) is 0.696. The number of hydrogen-bond acceptors (Lipinski definition) is 3. The van der Waals surface area contributed by atoms with E-state index >= 15 is 0 Å². The molecular formula is C15H20N2O2. The third-order valence-electron chi connectivity index (χ3n) is 4.35. The van der Waals surface area contributed by atoms with Gasteiger partial charge < -0.3 is 15.3 Å². The second-order valence-corrected chi connectivity index (χ2v) is 5.62. The van der Waals surface area contributed by atoms with Crippen molar-refractivity contribution in [1.29, 1.82) is 0 Å². The smallest absolute Gasteiger partial charge is 0.224 e. The van der Waals surface area contributed by atoms with Crippen molar-refractivity contribution in [1.82, 2.24) is 10.2 Å². The van der Waals surface area contributed by atoms with Crippen LogP contribution in [0.1, 0.15) is 18.4 Å². The Morgan fingerprint density at radius 3 is 2.68 bits per heavy atom. The number of amides is 1. The number of benzene rings is 1. The lowest BCUT2D eigenvalue weighted by Gasteiger charge is -2.44. The first-order valence-electron chi connectivity index (χ1n) is 7.01. The number of rotatable bonds is 3. The van der Waals surface area contributed by atoms with Gasteiger partial charge >= 0.3 is 0 Å². The lowest BCUT2D eigenvalue weighted by Crippen LogP contribution is -2.57. The molecule has 1 atom stereocenters. The van der Waals surface area contributed by atoms with E-state index in [9.17, 15) is 9.90 Å². The van der Waals surface area contributed by atoms with Gasteiger partial charge in [-0.15, -0.1) is 0 Å². The maximum atomic E-state index is 12.1. The van der Waals surface area contributed by atoms with Crippen LogP contribution in [0.3, 0.4) is 0 Å². The Morgan fingerprint density at radius 1 is 1.32 bits per heavy atom. The van der Waals surface area contributed by atoms with E-state index in [4.69, 9.17) is 0 Å². The van der Waals surface area contributed by atoms with E-state index in [1.807, 2.05) is 6.07 Å². The summed E-state index contributed by atoms with van der Waals surface area (Å²) in [6.45, 7) is 3.34. The highest BCUT2D eigenvalue weighted by Gasteiger charge is 2.34. The summed E-state index contributed by atoms with van der Waals surface area (Å²) >= 11 is 0. The molecule has 1 aromatic carbocycles. The summed E-state index contributed by atoms with van der Waals surface area (Å²) in [7, 11) is 0. The fourth-order valence-corrected chi connectivity index (χ4v) is 3.22. The molecular weight excluding hydrogens is 240 g/mol. The van der Waals surface area contributed by atoms with Crippen LogP contribution in [0.4, 0.5) is 0 Å². The molecule has 4 heteroatoms. The number of phenols is 1. The van der Waals surface area contributed by atoms with E-state index in [2.05, 4.69) is 10.2 Å². The second kappa shape index (κ2) is 5.21. The van der Waals surface area contributed by atoms with E-state index in [1.54, 1.807) is 18.2 Å². The molecule has 2 N–H and O–H groups in total. The summed E-state index contributed by atoms with van der Waals surface area (Å²) in [6.07, 6.45) is 2.65. The molecule has 0 spiro atoms. The van der Waals surface area contributed by atoms with Crippen molar-refractivity contribution in [3.63, 3.8) is 0 Å². The van der Waals surface area contributed by atoms with Crippen molar-refractivity contribution in [3.05, 3.63) is 29.8 Å². The Labute approximate surface area is 113 Å². The monoisotopic (exact) mass is 260 g/mol. The molecule has 3 aliphatic rings. The van der Waals surface area contributed by atoms with Crippen molar-refractivity contribution in [3.8, 4) is 5.75 Å². The molecule has 0 aromatic heterocycles. The predicted octanol–water partition coefficient (Wildman–Crippen LogP) is 1.15. The van der Waals surface area contributed by atoms with Gasteiger partial charge in [-0.3, -0.25) is 4.79 Å². The first-order valence-corrected chi connectivity index (χ1v) is 7.01. The maximum Gasteiger partial charge on any atom is 0.224 e. The Hall–Kier alpha value is -1.55. The zero-order chi connectivity index (χ0) is 13.2. The highest BCUT2D eigenvalue weighted by atomic mass is 16.3. The molecule has 3 aliphatic heterocycles. The minimum absolute atomic E-state index is 0.0141. The van der Waals surface area contributed by atoms with Gasteiger partial charge in [-0.25, -0.2) is 0 Å². The van der Waals surface area contributed by atoms with Crippen LogP contribution in [0.25, 0.3) is 0 Å². The molecule has 0 saturated carbocycles. The average molecular weight is 260 g/mol. The maximum absolute atomic E-state index is 12.1. The Kier molecular flexibility index (Phi) is 3.42. The fourth-order valence-electron chi connectivity index (χ4n) is 3.22. The normalized spacial score (nSPS) is 29.2. The van der Waals surface area contributed by atoms with Gasteiger partial charge in [-0.2, -0.15) is 0 Å². The molecule has 4 nitrogen and oxygen atoms in total. The molecule has 1 aromatic rings. The van der Waals surface area contributed by atoms with E-state index < -0.39 is 0 Å². The van der Waals surface area contributed by atoms with Crippen LogP contribution in [-0.4, -0.2) is 41.6 Å². The van der Waals surface area contributed by atoms with E-state index in [1.165, 1.54) is 25.9 Å². The molecule has 1 amide bonds. The Bertz CT molecular complexity index is 467. The standard InChI is InChI=1S/C15H20N2O2/c18-14-4-2-1-3-12(14)9-15(19)16-13-10-17-7-5-11(13)6-8-17/h1-4,11,13,18H,5-10H2,(H,16,19). The summed E-state index contributed by atoms with van der Waals surface area (Å²) < 4.78 is 0. The van der Waals surface area contributed by atoms with Gasteiger partial charge in [0.25, 0.3) is 0 Å². The summed E-state index contributed by atoms with van der Waals surface area (Å²) in [6, 6.07) is 7.32. The second-order valence-electron chi connectivity index (χ2n) is 5.62. The highest BCUT2D eigenvalue weighted by molar-refractivity contribution is 5.79. The van der Waals surface area contributed by atoms with Crippen LogP contribution in [0.15, 0.2) is 24.3 Å². The lowest BCUT2D eigenvalue weighted by molar-refractivity contribution is -0.122. The van der Waals surface area contributed by atoms with Crippen molar-refractivity contribution in [2.45, 2.75) is 25.3 Å². The van der Waals surface area contributed by atoms with Crippen LogP contribution >= 0.6 is 0 Å². The van der Waals surface area contributed by atoms with E-state index in [0.717, 1.165) is 6.54 Å². The summed E-state index contributed by atoms with van der Waals surface area (Å²) in [5.74, 6) is 0.852. The minimum atomic E-state index is 0.0141. The van der Waals surface area contributed by atoms with E-state index in [0.29, 0.717) is 17.5 Å². The zero-order valence-electron chi connectivity index (χ0n) is 11.0. The lowest BCUT2D eigenvalue weighted by atomic mass is 9.84. The third-order valence-corrected chi connectivity index (χ3v) is 4.35. The molecule has 102 valence electrons. The molecule has 0 radical (unpaired) electrons. The van der Waals surface area contributed by atoms with Gasteiger partial charge in [0, 0.05) is 18.2 Å². The van der Waals surface area contributed by atoms with Crippen LogP contribution in [0.5, 0.6) is 5.75 Å². The number of nitrogens with one attached hydrogen (secondary N) is 1. The van der Waals surface area contributed by atoms with Gasteiger partial charge in [0.1, 0.15) is 5.75 Å². The van der Waals surface area contributed by atoms with Crippen molar-refractivity contribution < 1.29 is 9.90 Å². The van der Waals surface area contributed by atoms with Gasteiger partial charge in [0.05, 0.1) is 6.42 Å². The SMILES string of the molecule is O=C(Cc1ccccc1O)NC1CN2CCC1CC2. The van der Waals surface area contributed by atoms with Gasteiger partial charge in [0.2, 0.25) is 5.91 Å². The first-order chi connectivity index (χ1) is 9.22. The van der Waals surface area contributed by atoms with E-state index in [-0.39, 0.29) is 18.1 Å². The molecule has 3 heterocycles. The van der Waals surface area contributed by atoms with Crippen LogP contribution in [-0.2, 0) is 11.2 Å². The molecule has 2 bridgehead atoms. The topological polar surface area (TPSA) is 52.6 Å². The molecule has 1 unspecified atom stereocenters. The fraction of sp³-hybridized carbons (Fsp3) is 0.533. The number of carbonyl (C=O) groups is 1. The zero-order valence-corrected chi connectivity index (χ0v) is 11.0. The van der Waals surface area contributed by atoms with Crippen LogP contribution in [0.2, 0.25) is 0 Å². The van der Waals surface area contributed by atoms with Crippen molar-refractivity contribution in [2.75, 3.05) is 19.6 Å². The number of hydrogen-bond donors (Lipinski definition) is 2. The highest BCUT2D eigenvalue weighted by Crippen LogP contribution is 2.27. The summed E-state index contributed by atoms with van der Waals surface area (Å²) in [4.78, 5) is 14.5. The first kappa shape index (κ1) is 12.5. The van der Waals surface area contributed by atoms with Crippen molar-refractivity contribution >= 4 is 5.91 Å². The third kappa shape index (κ3) is 2.73. The molecule has 3 fully saturated rings. The Balaban J connectivity index is 1.58. The Morgan fingerprint density at radius 2 is 2.05 bits per heavy atom. The minimum Gasteiger partial charge on any atom is -0.508 e. The number of piperidine rings is 3. The summed E-state index contributed by atoms with van der Waals surface area (Å²) in [5, 5.41) is 12.8.